The Morgan fingerprint density at radius 1 is 1.25 bits per heavy atom. The van der Waals surface area contributed by atoms with Crippen LogP contribution in [0, 0.1) is 17.8 Å². The lowest BCUT2D eigenvalue weighted by molar-refractivity contribution is -0.146. The molecule has 4 unspecified atom stereocenters. The number of hydrogen-bond acceptors (Lipinski definition) is 3. The lowest BCUT2D eigenvalue weighted by Crippen LogP contribution is -2.47. The van der Waals surface area contributed by atoms with Crippen molar-refractivity contribution in [1.29, 1.82) is 0 Å². The SMILES string of the molecule is CCC1CC(C(=O)O)C(C(=O)NC(C)C(=O)N(C)C)C1. The summed E-state index contributed by atoms with van der Waals surface area (Å²) >= 11 is 0. The van der Waals surface area contributed by atoms with Crippen LogP contribution in [0.15, 0.2) is 0 Å². The maximum atomic E-state index is 12.2. The number of carbonyl (C=O) groups excluding carboxylic acids is 2. The highest BCUT2D eigenvalue weighted by Gasteiger charge is 2.42. The van der Waals surface area contributed by atoms with Gasteiger partial charge in [0.05, 0.1) is 11.8 Å². The molecule has 6 nitrogen and oxygen atoms in total. The van der Waals surface area contributed by atoms with Crippen LogP contribution >= 0.6 is 0 Å². The Hall–Kier alpha value is -1.59. The average molecular weight is 284 g/mol. The molecule has 4 atom stereocenters. The van der Waals surface area contributed by atoms with E-state index in [0.29, 0.717) is 12.8 Å². The molecule has 0 heterocycles. The predicted octanol–water partition coefficient (Wildman–Crippen LogP) is 0.716. The van der Waals surface area contributed by atoms with Gasteiger partial charge in [-0.15, -0.1) is 0 Å². The zero-order chi connectivity index (χ0) is 15.4. The number of amides is 2. The second-order valence-electron chi connectivity index (χ2n) is 5.76. The molecule has 2 amide bonds. The van der Waals surface area contributed by atoms with E-state index in [1.54, 1.807) is 21.0 Å². The van der Waals surface area contributed by atoms with Crippen molar-refractivity contribution >= 4 is 17.8 Å². The first-order valence-corrected chi connectivity index (χ1v) is 7.02. The van der Waals surface area contributed by atoms with Crippen molar-refractivity contribution in [2.24, 2.45) is 17.8 Å². The van der Waals surface area contributed by atoms with Gasteiger partial charge in [-0.25, -0.2) is 0 Å². The monoisotopic (exact) mass is 284 g/mol. The van der Waals surface area contributed by atoms with Gasteiger partial charge >= 0.3 is 5.97 Å². The topological polar surface area (TPSA) is 86.7 Å². The van der Waals surface area contributed by atoms with Gasteiger partial charge in [0, 0.05) is 14.1 Å². The fourth-order valence-corrected chi connectivity index (χ4v) is 2.81. The summed E-state index contributed by atoms with van der Waals surface area (Å²) in [6, 6.07) is -0.632. The number of carboxylic acids is 1. The molecule has 0 aliphatic heterocycles. The van der Waals surface area contributed by atoms with Gasteiger partial charge in [-0.05, 0) is 25.7 Å². The first-order valence-electron chi connectivity index (χ1n) is 7.02. The van der Waals surface area contributed by atoms with Crippen LogP contribution in [0.1, 0.15) is 33.1 Å². The van der Waals surface area contributed by atoms with Crippen LogP contribution < -0.4 is 5.32 Å². The second kappa shape index (κ2) is 6.72. The Bertz CT molecular complexity index is 395. The predicted molar refractivity (Wildman–Crippen MR) is 73.9 cm³/mol. The Balaban J connectivity index is 2.70. The third-order valence-electron chi connectivity index (χ3n) is 4.06. The molecule has 1 aliphatic rings. The Morgan fingerprint density at radius 3 is 2.25 bits per heavy atom. The molecule has 0 aromatic heterocycles. The van der Waals surface area contributed by atoms with Gasteiger partial charge in [-0.3, -0.25) is 14.4 Å². The average Bonchev–Trinajstić information content (AvgIpc) is 2.81. The summed E-state index contributed by atoms with van der Waals surface area (Å²) < 4.78 is 0. The van der Waals surface area contributed by atoms with Crippen molar-refractivity contribution in [3.05, 3.63) is 0 Å². The van der Waals surface area contributed by atoms with E-state index in [9.17, 15) is 19.5 Å². The Labute approximate surface area is 119 Å². The highest BCUT2D eigenvalue weighted by atomic mass is 16.4. The first-order chi connectivity index (χ1) is 9.27. The minimum Gasteiger partial charge on any atom is -0.481 e. The smallest absolute Gasteiger partial charge is 0.307 e. The molecule has 1 rings (SSSR count). The van der Waals surface area contributed by atoms with E-state index in [2.05, 4.69) is 5.32 Å². The van der Waals surface area contributed by atoms with Gasteiger partial charge in [0.15, 0.2) is 0 Å². The molecule has 0 bridgehead atoms. The second-order valence-corrected chi connectivity index (χ2v) is 5.76. The molecule has 114 valence electrons. The molecule has 0 radical (unpaired) electrons. The van der Waals surface area contributed by atoms with Crippen LogP contribution in [0.5, 0.6) is 0 Å². The maximum Gasteiger partial charge on any atom is 0.307 e. The van der Waals surface area contributed by atoms with Gasteiger partial charge in [0.2, 0.25) is 11.8 Å². The summed E-state index contributed by atoms with van der Waals surface area (Å²) in [4.78, 5) is 36.6. The molecule has 0 spiro atoms. The lowest BCUT2D eigenvalue weighted by Gasteiger charge is -2.21. The van der Waals surface area contributed by atoms with Gasteiger partial charge in [0.1, 0.15) is 6.04 Å². The first kappa shape index (κ1) is 16.5. The lowest BCUT2D eigenvalue weighted by atomic mass is 9.95. The molecule has 0 aromatic rings. The summed E-state index contributed by atoms with van der Waals surface area (Å²) in [5, 5.41) is 11.9. The minimum absolute atomic E-state index is 0.199. The molecular formula is C14H24N2O4. The molecular weight excluding hydrogens is 260 g/mol. The molecule has 2 N–H and O–H groups in total. The standard InChI is InChI=1S/C14H24N2O4/c1-5-9-6-10(11(7-9)14(19)20)12(17)15-8(2)13(18)16(3)4/h8-11H,5-7H2,1-4H3,(H,15,17)(H,19,20). The van der Waals surface area contributed by atoms with Gasteiger partial charge in [0.25, 0.3) is 0 Å². The zero-order valence-electron chi connectivity index (χ0n) is 12.5. The van der Waals surface area contributed by atoms with Crippen LogP contribution in [-0.4, -0.2) is 47.9 Å². The van der Waals surface area contributed by atoms with Crippen LogP contribution in [0.2, 0.25) is 0 Å². The van der Waals surface area contributed by atoms with Gasteiger partial charge < -0.3 is 15.3 Å². The van der Waals surface area contributed by atoms with Gasteiger partial charge in [-0.2, -0.15) is 0 Å². The summed E-state index contributed by atoms with van der Waals surface area (Å²) in [7, 11) is 3.24. The zero-order valence-corrected chi connectivity index (χ0v) is 12.5. The molecule has 1 fully saturated rings. The van der Waals surface area contributed by atoms with Crippen molar-refractivity contribution < 1.29 is 19.5 Å². The number of nitrogens with one attached hydrogen (secondary N) is 1. The highest BCUT2D eigenvalue weighted by molar-refractivity contribution is 5.90. The van der Waals surface area contributed by atoms with E-state index < -0.39 is 23.8 Å². The fourth-order valence-electron chi connectivity index (χ4n) is 2.81. The molecule has 6 heteroatoms. The van der Waals surface area contributed by atoms with Crippen molar-refractivity contribution in [2.75, 3.05) is 14.1 Å². The van der Waals surface area contributed by atoms with Crippen molar-refractivity contribution in [3.63, 3.8) is 0 Å². The largest absolute Gasteiger partial charge is 0.481 e. The number of carbonyl (C=O) groups is 3. The third kappa shape index (κ3) is 3.71. The number of likely N-dealkylation sites (N-methyl/N-ethyl adjacent to an activating group) is 1. The normalized spacial score (nSPS) is 26.9. The summed E-state index contributed by atoms with van der Waals surface area (Å²) in [6.45, 7) is 3.62. The van der Waals surface area contributed by atoms with E-state index >= 15 is 0 Å². The summed E-state index contributed by atoms with van der Waals surface area (Å²) in [6.07, 6.45) is 2.00. The van der Waals surface area contributed by atoms with E-state index in [-0.39, 0.29) is 17.7 Å². The number of rotatable bonds is 5. The van der Waals surface area contributed by atoms with E-state index in [1.807, 2.05) is 6.92 Å². The van der Waals surface area contributed by atoms with Crippen molar-refractivity contribution in [3.8, 4) is 0 Å². The molecule has 0 aromatic carbocycles. The third-order valence-corrected chi connectivity index (χ3v) is 4.06. The Morgan fingerprint density at radius 2 is 1.80 bits per heavy atom. The van der Waals surface area contributed by atoms with Crippen molar-refractivity contribution in [2.45, 2.75) is 39.2 Å². The fraction of sp³-hybridized carbons (Fsp3) is 0.786. The number of carboxylic acid groups (broad SMARTS) is 1. The molecule has 0 saturated heterocycles. The quantitative estimate of drug-likeness (QED) is 0.778. The molecule has 20 heavy (non-hydrogen) atoms. The summed E-state index contributed by atoms with van der Waals surface area (Å²) in [5.74, 6) is -2.35. The van der Waals surface area contributed by atoms with Gasteiger partial charge in [-0.1, -0.05) is 13.3 Å². The van der Waals surface area contributed by atoms with E-state index in [1.165, 1.54) is 4.90 Å². The van der Waals surface area contributed by atoms with Crippen LogP contribution in [0.25, 0.3) is 0 Å². The Kier molecular flexibility index (Phi) is 5.53. The highest BCUT2D eigenvalue weighted by Crippen LogP contribution is 2.38. The summed E-state index contributed by atoms with van der Waals surface area (Å²) in [5.41, 5.74) is 0. The molecule has 1 aliphatic carbocycles. The number of nitrogens with zero attached hydrogens (tertiary/aromatic N) is 1. The van der Waals surface area contributed by atoms with Crippen molar-refractivity contribution in [1.82, 2.24) is 10.2 Å². The van der Waals surface area contributed by atoms with E-state index in [4.69, 9.17) is 0 Å². The van der Waals surface area contributed by atoms with Crippen LogP contribution in [0.3, 0.4) is 0 Å². The van der Waals surface area contributed by atoms with Crippen LogP contribution in [0.4, 0.5) is 0 Å². The van der Waals surface area contributed by atoms with Crippen LogP contribution in [-0.2, 0) is 14.4 Å². The van der Waals surface area contributed by atoms with E-state index in [0.717, 1.165) is 6.42 Å². The number of hydrogen-bond donors (Lipinski definition) is 2. The minimum atomic E-state index is -0.923. The molecule has 1 saturated carbocycles. The maximum absolute atomic E-state index is 12.2. The number of aliphatic carboxylic acids is 1.